The molecule has 2 rings (SSSR count). The molecule has 1 aromatic rings. The fourth-order valence-electron chi connectivity index (χ4n) is 2.08. The SMILES string of the molecule is CN1CCN(C)C(CC(=O)c2ccsc2)C1. The Morgan fingerprint density at radius 2 is 2.31 bits per heavy atom. The Labute approximate surface area is 101 Å². The Kier molecular flexibility index (Phi) is 3.74. The molecular weight excluding hydrogens is 220 g/mol. The lowest BCUT2D eigenvalue weighted by Crippen LogP contribution is -2.50. The molecule has 1 unspecified atom stereocenters. The van der Waals surface area contributed by atoms with Gasteiger partial charge in [0.15, 0.2) is 5.78 Å². The number of rotatable bonds is 3. The first-order valence-electron chi connectivity index (χ1n) is 5.61. The maximum Gasteiger partial charge on any atom is 0.165 e. The van der Waals surface area contributed by atoms with E-state index >= 15 is 0 Å². The second kappa shape index (κ2) is 5.08. The van der Waals surface area contributed by atoms with Gasteiger partial charge in [-0.25, -0.2) is 0 Å². The molecule has 4 heteroatoms. The second-order valence-electron chi connectivity index (χ2n) is 4.54. The van der Waals surface area contributed by atoms with Crippen LogP contribution >= 0.6 is 11.3 Å². The van der Waals surface area contributed by atoms with Crippen molar-refractivity contribution in [3.8, 4) is 0 Å². The van der Waals surface area contributed by atoms with Crippen molar-refractivity contribution in [1.29, 1.82) is 0 Å². The average molecular weight is 238 g/mol. The van der Waals surface area contributed by atoms with Crippen LogP contribution in [0.1, 0.15) is 16.8 Å². The highest BCUT2D eigenvalue weighted by atomic mass is 32.1. The van der Waals surface area contributed by atoms with E-state index in [-0.39, 0.29) is 5.78 Å². The summed E-state index contributed by atoms with van der Waals surface area (Å²) < 4.78 is 0. The van der Waals surface area contributed by atoms with E-state index in [0.29, 0.717) is 12.5 Å². The summed E-state index contributed by atoms with van der Waals surface area (Å²) in [7, 11) is 4.23. The van der Waals surface area contributed by atoms with E-state index in [1.54, 1.807) is 11.3 Å². The summed E-state index contributed by atoms with van der Waals surface area (Å²) in [6.45, 7) is 3.14. The monoisotopic (exact) mass is 238 g/mol. The molecule has 0 saturated carbocycles. The quantitative estimate of drug-likeness (QED) is 0.747. The van der Waals surface area contributed by atoms with Crippen molar-refractivity contribution in [2.24, 2.45) is 0 Å². The number of carbonyl (C=O) groups is 1. The van der Waals surface area contributed by atoms with E-state index in [4.69, 9.17) is 0 Å². The number of carbonyl (C=O) groups excluding carboxylic acids is 1. The van der Waals surface area contributed by atoms with Crippen molar-refractivity contribution >= 4 is 17.1 Å². The third kappa shape index (κ3) is 2.70. The number of nitrogens with zero attached hydrogens (tertiary/aromatic N) is 2. The zero-order chi connectivity index (χ0) is 11.5. The Hall–Kier alpha value is -0.710. The van der Waals surface area contributed by atoms with Crippen molar-refractivity contribution in [3.05, 3.63) is 22.4 Å². The molecule has 0 radical (unpaired) electrons. The van der Waals surface area contributed by atoms with Crippen molar-refractivity contribution < 1.29 is 4.79 Å². The highest BCUT2D eigenvalue weighted by Gasteiger charge is 2.24. The number of thiophene rings is 1. The van der Waals surface area contributed by atoms with Crippen LogP contribution in [-0.4, -0.2) is 55.4 Å². The average Bonchev–Trinajstić information content (AvgIpc) is 2.76. The minimum Gasteiger partial charge on any atom is -0.304 e. The predicted octanol–water partition coefficient (Wildman–Crippen LogP) is 1.57. The summed E-state index contributed by atoms with van der Waals surface area (Å²) in [6, 6.07) is 2.28. The molecule has 1 aliphatic rings. The Balaban J connectivity index is 1.95. The van der Waals surface area contributed by atoms with Gasteiger partial charge in [0.25, 0.3) is 0 Å². The summed E-state index contributed by atoms with van der Waals surface area (Å²) in [4.78, 5) is 16.6. The normalized spacial score (nSPS) is 23.5. The number of hydrogen-bond donors (Lipinski definition) is 0. The molecule has 3 nitrogen and oxygen atoms in total. The maximum atomic E-state index is 12.0. The second-order valence-corrected chi connectivity index (χ2v) is 5.32. The van der Waals surface area contributed by atoms with Crippen LogP contribution < -0.4 is 0 Å². The number of hydrogen-bond acceptors (Lipinski definition) is 4. The first-order valence-corrected chi connectivity index (χ1v) is 6.55. The fourth-order valence-corrected chi connectivity index (χ4v) is 2.74. The summed E-state index contributed by atoms with van der Waals surface area (Å²) in [5.41, 5.74) is 0.867. The summed E-state index contributed by atoms with van der Waals surface area (Å²) in [5.74, 6) is 0.272. The molecule has 1 aromatic heterocycles. The maximum absolute atomic E-state index is 12.0. The van der Waals surface area contributed by atoms with Crippen LogP contribution in [0, 0.1) is 0 Å². The van der Waals surface area contributed by atoms with Gasteiger partial charge in [-0.15, -0.1) is 0 Å². The smallest absolute Gasteiger partial charge is 0.165 e. The largest absolute Gasteiger partial charge is 0.304 e. The summed E-state index contributed by atoms with van der Waals surface area (Å²) >= 11 is 1.59. The summed E-state index contributed by atoms with van der Waals surface area (Å²) in [5, 5.41) is 3.90. The van der Waals surface area contributed by atoms with Gasteiger partial charge in [0.1, 0.15) is 0 Å². The molecule has 88 valence electrons. The zero-order valence-corrected chi connectivity index (χ0v) is 10.7. The molecule has 16 heavy (non-hydrogen) atoms. The molecule has 1 aliphatic heterocycles. The van der Waals surface area contributed by atoms with E-state index < -0.39 is 0 Å². The van der Waals surface area contributed by atoms with Gasteiger partial charge < -0.3 is 9.80 Å². The molecule has 1 saturated heterocycles. The minimum absolute atomic E-state index is 0.272. The van der Waals surface area contributed by atoms with Gasteiger partial charge in [0.05, 0.1) is 0 Å². The number of piperazine rings is 1. The van der Waals surface area contributed by atoms with Crippen LogP contribution in [0.25, 0.3) is 0 Å². The van der Waals surface area contributed by atoms with E-state index in [9.17, 15) is 4.79 Å². The predicted molar refractivity (Wildman–Crippen MR) is 67.2 cm³/mol. The van der Waals surface area contributed by atoms with Crippen LogP contribution in [0.3, 0.4) is 0 Å². The topological polar surface area (TPSA) is 23.6 Å². The van der Waals surface area contributed by atoms with Gasteiger partial charge in [0, 0.05) is 43.0 Å². The number of Topliss-reactive ketones (excluding diaryl/α,β-unsaturated/α-hetero) is 1. The molecule has 2 heterocycles. The number of likely N-dealkylation sites (N-methyl/N-ethyl adjacent to an activating group) is 2. The number of ketones is 1. The van der Waals surface area contributed by atoms with Crippen molar-refractivity contribution in [3.63, 3.8) is 0 Å². The van der Waals surface area contributed by atoms with Gasteiger partial charge >= 0.3 is 0 Å². The van der Waals surface area contributed by atoms with E-state index in [1.165, 1.54) is 0 Å². The Morgan fingerprint density at radius 1 is 1.50 bits per heavy atom. The van der Waals surface area contributed by atoms with E-state index in [2.05, 4.69) is 23.9 Å². The Bertz CT molecular complexity index is 350. The standard InChI is InChI=1S/C12H18N2OS/c1-13-4-5-14(2)11(8-13)7-12(15)10-3-6-16-9-10/h3,6,9,11H,4-5,7-8H2,1-2H3. The fraction of sp³-hybridized carbons (Fsp3) is 0.583. The van der Waals surface area contributed by atoms with Gasteiger partial charge in [0.2, 0.25) is 0 Å². The molecule has 0 aliphatic carbocycles. The molecular formula is C12H18N2OS. The van der Waals surface area contributed by atoms with Crippen molar-refractivity contribution in [2.45, 2.75) is 12.5 Å². The highest BCUT2D eigenvalue weighted by molar-refractivity contribution is 7.08. The van der Waals surface area contributed by atoms with Crippen LogP contribution in [0.4, 0.5) is 0 Å². The van der Waals surface area contributed by atoms with Crippen LogP contribution in [0.5, 0.6) is 0 Å². The van der Waals surface area contributed by atoms with Crippen molar-refractivity contribution in [1.82, 2.24) is 9.80 Å². The van der Waals surface area contributed by atoms with Crippen LogP contribution in [0.2, 0.25) is 0 Å². The zero-order valence-electron chi connectivity index (χ0n) is 9.85. The summed E-state index contributed by atoms with van der Waals surface area (Å²) in [6.07, 6.45) is 0.636. The third-order valence-corrected chi connectivity index (χ3v) is 3.93. The molecule has 0 amide bonds. The molecule has 0 spiro atoms. The van der Waals surface area contributed by atoms with E-state index in [1.807, 2.05) is 16.8 Å². The third-order valence-electron chi connectivity index (χ3n) is 3.24. The first-order chi connectivity index (χ1) is 7.66. The van der Waals surface area contributed by atoms with Gasteiger partial charge in [-0.05, 0) is 25.5 Å². The molecule has 0 bridgehead atoms. The first kappa shape index (κ1) is 11.8. The molecule has 1 atom stereocenters. The minimum atomic E-state index is 0.272. The molecule has 0 N–H and O–H groups in total. The van der Waals surface area contributed by atoms with Gasteiger partial charge in [-0.1, -0.05) is 0 Å². The molecule has 0 aromatic carbocycles. The Morgan fingerprint density at radius 3 is 3.00 bits per heavy atom. The lowest BCUT2D eigenvalue weighted by Gasteiger charge is -2.37. The lowest BCUT2D eigenvalue weighted by molar-refractivity contribution is 0.0810. The van der Waals surface area contributed by atoms with E-state index in [0.717, 1.165) is 25.2 Å². The molecule has 1 fully saturated rings. The van der Waals surface area contributed by atoms with Gasteiger partial charge in [-0.3, -0.25) is 4.79 Å². The van der Waals surface area contributed by atoms with Crippen LogP contribution in [-0.2, 0) is 0 Å². The highest BCUT2D eigenvalue weighted by Crippen LogP contribution is 2.15. The van der Waals surface area contributed by atoms with Crippen molar-refractivity contribution in [2.75, 3.05) is 33.7 Å². The lowest BCUT2D eigenvalue weighted by atomic mass is 10.0. The van der Waals surface area contributed by atoms with Crippen LogP contribution in [0.15, 0.2) is 16.8 Å². The van der Waals surface area contributed by atoms with Gasteiger partial charge in [-0.2, -0.15) is 11.3 Å².